The maximum atomic E-state index is 10.1. The predicted octanol–water partition coefficient (Wildman–Crippen LogP) is 5.51. The summed E-state index contributed by atoms with van der Waals surface area (Å²) in [7, 11) is -0.446. The van der Waals surface area contributed by atoms with Gasteiger partial charge in [0.25, 0.3) is 0 Å². The fourth-order valence-electron chi connectivity index (χ4n) is 2.39. The summed E-state index contributed by atoms with van der Waals surface area (Å²) in [6, 6.07) is 32.3. The SMILES string of the molecule is N=C(Br)CCC(=O)Br.c1ccc(P(c2ccccc2)c2ccccc2)cc1. The van der Waals surface area contributed by atoms with E-state index in [0.717, 1.165) is 0 Å². The van der Waals surface area contributed by atoms with Gasteiger partial charge in [-0.25, -0.2) is 0 Å². The quantitative estimate of drug-likeness (QED) is 0.268. The molecule has 0 bridgehead atoms. The highest BCUT2D eigenvalue weighted by atomic mass is 79.9. The molecule has 3 aromatic rings. The highest BCUT2D eigenvalue weighted by molar-refractivity contribution is 9.18. The van der Waals surface area contributed by atoms with Crippen LogP contribution in [-0.4, -0.2) is 9.31 Å². The van der Waals surface area contributed by atoms with Crippen molar-refractivity contribution in [1.82, 2.24) is 0 Å². The summed E-state index contributed by atoms with van der Waals surface area (Å²) in [5.74, 6) is 0. The fourth-order valence-corrected chi connectivity index (χ4v) is 5.09. The Labute approximate surface area is 178 Å². The second-order valence-electron chi connectivity index (χ2n) is 5.60. The number of hydrogen-bond donors (Lipinski definition) is 1. The van der Waals surface area contributed by atoms with E-state index in [4.69, 9.17) is 5.41 Å². The van der Waals surface area contributed by atoms with Crippen LogP contribution in [0.25, 0.3) is 0 Å². The van der Waals surface area contributed by atoms with Gasteiger partial charge in [-0.1, -0.05) is 91.0 Å². The van der Waals surface area contributed by atoms with Crippen molar-refractivity contribution in [2.45, 2.75) is 12.8 Å². The van der Waals surface area contributed by atoms with Crippen molar-refractivity contribution in [2.24, 2.45) is 0 Å². The molecule has 0 amide bonds. The summed E-state index contributed by atoms with van der Waals surface area (Å²) in [5, 5.41) is 11.0. The molecule has 1 N–H and O–H groups in total. The molecule has 0 unspecified atom stereocenters. The van der Waals surface area contributed by atoms with Gasteiger partial charge < -0.3 is 0 Å². The van der Waals surface area contributed by atoms with Gasteiger partial charge in [-0.05, 0) is 55.7 Å². The van der Waals surface area contributed by atoms with E-state index >= 15 is 0 Å². The number of nitrogens with one attached hydrogen (secondary N) is 1. The van der Waals surface area contributed by atoms with Crippen LogP contribution in [0.3, 0.4) is 0 Å². The van der Waals surface area contributed by atoms with E-state index < -0.39 is 7.92 Å². The van der Waals surface area contributed by atoms with Crippen molar-refractivity contribution in [1.29, 1.82) is 5.41 Å². The van der Waals surface area contributed by atoms with Gasteiger partial charge in [0.15, 0.2) is 4.69 Å². The number of benzene rings is 3. The Morgan fingerprint density at radius 3 is 1.22 bits per heavy atom. The third-order valence-electron chi connectivity index (χ3n) is 3.58. The Bertz CT molecular complexity index is 734. The molecule has 0 saturated heterocycles. The van der Waals surface area contributed by atoms with E-state index in [9.17, 15) is 4.79 Å². The summed E-state index contributed by atoms with van der Waals surface area (Å²) in [6.45, 7) is 0. The standard InChI is InChI=1S/C18H15P.C4H5Br2NO/c1-4-10-16(11-5-1)19(17-12-6-2-7-13-17)18-14-8-3-9-15-18;5-3(7)1-2-4(6)8/h1-15H;7H,1-2H2. The summed E-state index contributed by atoms with van der Waals surface area (Å²) in [4.78, 5) is 10.1. The first-order chi connectivity index (χ1) is 13.1. The van der Waals surface area contributed by atoms with Gasteiger partial charge in [0.05, 0.1) is 4.62 Å². The number of halogens is 2. The minimum atomic E-state index is -0.446. The van der Waals surface area contributed by atoms with Gasteiger partial charge in [0.2, 0.25) is 0 Å². The van der Waals surface area contributed by atoms with Crippen LogP contribution in [0, 0.1) is 5.41 Å². The lowest BCUT2D eigenvalue weighted by atomic mass is 10.4. The number of hydrogen-bond acceptors (Lipinski definition) is 2. The van der Waals surface area contributed by atoms with E-state index in [2.05, 4.69) is 123 Å². The number of carbonyl (C=O) groups is 1. The molecule has 0 aliphatic carbocycles. The van der Waals surface area contributed by atoms with Gasteiger partial charge in [-0.2, -0.15) is 0 Å². The number of rotatable bonds is 6. The topological polar surface area (TPSA) is 40.9 Å². The molecule has 0 heterocycles. The molecule has 0 radical (unpaired) electrons. The van der Waals surface area contributed by atoms with E-state index in [1.54, 1.807) is 0 Å². The van der Waals surface area contributed by atoms with Crippen LogP contribution in [0.5, 0.6) is 0 Å². The van der Waals surface area contributed by atoms with Crippen molar-refractivity contribution >= 4 is 65.0 Å². The maximum absolute atomic E-state index is 10.1. The van der Waals surface area contributed by atoms with E-state index in [1.165, 1.54) is 15.9 Å². The molecule has 0 aliphatic rings. The molecule has 3 rings (SSSR count). The smallest absolute Gasteiger partial charge is 0.198 e. The lowest BCUT2D eigenvalue weighted by Crippen LogP contribution is -2.20. The molecule has 2 nitrogen and oxygen atoms in total. The van der Waals surface area contributed by atoms with Crippen molar-refractivity contribution in [3.05, 3.63) is 91.0 Å². The Morgan fingerprint density at radius 2 is 1.00 bits per heavy atom. The van der Waals surface area contributed by atoms with Gasteiger partial charge >= 0.3 is 0 Å². The largest absolute Gasteiger partial charge is 0.298 e. The Balaban J connectivity index is 0.000000279. The Morgan fingerprint density at radius 1 is 0.667 bits per heavy atom. The van der Waals surface area contributed by atoms with Crippen LogP contribution in [0.1, 0.15) is 12.8 Å². The van der Waals surface area contributed by atoms with Crippen LogP contribution < -0.4 is 15.9 Å². The Hall–Kier alpha value is -1.61. The first-order valence-electron chi connectivity index (χ1n) is 8.44. The molecule has 0 saturated carbocycles. The normalized spacial score (nSPS) is 10.0. The zero-order valence-electron chi connectivity index (χ0n) is 14.7. The Kier molecular flexibility index (Phi) is 9.61. The molecule has 27 heavy (non-hydrogen) atoms. The van der Waals surface area contributed by atoms with Gasteiger partial charge in [0.1, 0.15) is 0 Å². The van der Waals surface area contributed by atoms with Gasteiger partial charge in [-0.15, -0.1) is 0 Å². The van der Waals surface area contributed by atoms with E-state index in [-0.39, 0.29) is 4.69 Å². The molecule has 5 heteroatoms. The molecule has 3 aromatic carbocycles. The molecular weight excluding hydrogens is 485 g/mol. The summed E-state index contributed by atoms with van der Waals surface area (Å²) in [5.41, 5.74) is 0. The lowest BCUT2D eigenvalue weighted by Gasteiger charge is -2.18. The van der Waals surface area contributed by atoms with Crippen LogP contribution in [0.15, 0.2) is 91.0 Å². The summed E-state index contributed by atoms with van der Waals surface area (Å²) < 4.78 is 0.312. The molecular formula is C22H20Br2NOP. The molecule has 0 aliphatic heterocycles. The molecule has 0 aromatic heterocycles. The molecule has 138 valence electrons. The minimum Gasteiger partial charge on any atom is -0.298 e. The van der Waals surface area contributed by atoms with Crippen molar-refractivity contribution in [2.75, 3.05) is 0 Å². The van der Waals surface area contributed by atoms with Crippen molar-refractivity contribution < 1.29 is 4.79 Å². The van der Waals surface area contributed by atoms with Crippen LogP contribution >= 0.6 is 39.8 Å². The van der Waals surface area contributed by atoms with Crippen LogP contribution in [0.4, 0.5) is 0 Å². The highest BCUT2D eigenvalue weighted by Crippen LogP contribution is 2.32. The average molecular weight is 505 g/mol. The second kappa shape index (κ2) is 12.0. The van der Waals surface area contributed by atoms with E-state index in [0.29, 0.717) is 17.5 Å². The van der Waals surface area contributed by atoms with E-state index in [1.807, 2.05) is 0 Å². The lowest BCUT2D eigenvalue weighted by molar-refractivity contribution is -0.110. The fraction of sp³-hybridized carbons (Fsp3) is 0.0909. The third kappa shape index (κ3) is 7.88. The van der Waals surface area contributed by atoms with Gasteiger partial charge in [0, 0.05) is 12.8 Å². The zero-order chi connectivity index (χ0) is 19.5. The van der Waals surface area contributed by atoms with Gasteiger partial charge in [-0.3, -0.25) is 10.2 Å². The second-order valence-corrected chi connectivity index (χ2v) is 9.66. The first-order valence-corrected chi connectivity index (χ1v) is 11.4. The highest BCUT2D eigenvalue weighted by Gasteiger charge is 2.14. The van der Waals surface area contributed by atoms with Crippen molar-refractivity contribution in [3.8, 4) is 0 Å². The maximum Gasteiger partial charge on any atom is 0.198 e. The van der Waals surface area contributed by atoms with Crippen LogP contribution in [-0.2, 0) is 4.79 Å². The first kappa shape index (κ1) is 21.7. The van der Waals surface area contributed by atoms with Crippen LogP contribution in [0.2, 0.25) is 0 Å². The summed E-state index contributed by atoms with van der Waals surface area (Å²) in [6.07, 6.45) is 0.883. The molecule has 0 atom stereocenters. The molecule has 0 fully saturated rings. The monoisotopic (exact) mass is 503 g/mol. The predicted molar refractivity (Wildman–Crippen MR) is 125 cm³/mol. The zero-order valence-corrected chi connectivity index (χ0v) is 18.8. The summed E-state index contributed by atoms with van der Waals surface area (Å²) >= 11 is 5.66. The number of carbonyl (C=O) groups excluding carboxylic acids is 1. The minimum absolute atomic E-state index is 0.0540. The van der Waals surface area contributed by atoms with Crippen molar-refractivity contribution in [3.63, 3.8) is 0 Å². The third-order valence-corrected chi connectivity index (χ3v) is 6.82. The average Bonchev–Trinajstić information content (AvgIpc) is 2.70. The molecule has 0 spiro atoms.